The van der Waals surface area contributed by atoms with E-state index in [4.69, 9.17) is 21.1 Å². The van der Waals surface area contributed by atoms with Crippen molar-refractivity contribution in [1.82, 2.24) is 14.9 Å². The summed E-state index contributed by atoms with van der Waals surface area (Å²) in [7, 11) is 0. The number of hydrogen-bond acceptors (Lipinski definition) is 8. The number of carbonyl (C=O) groups excluding carboxylic acids is 1. The molecule has 48 heavy (non-hydrogen) atoms. The van der Waals surface area contributed by atoms with Crippen molar-refractivity contribution in [2.75, 3.05) is 25.0 Å². The molecule has 2 aliphatic rings. The Morgan fingerprint density at radius 3 is 2.29 bits per heavy atom. The standard InChI is InChI=1S/C38H37ClN4O5/c39-29-13-11-28(12-14-29)38(46)17-19-43(20-18-38)23-31-21-35(26-7-5-25(24-44)6-8-26)48-37(47-31)27-9-15-30(16-10-27)41-36(45)34-22-40-32-3-1-2-4-33(32)42-34/h1-16,22,31,35,37,44,46H,17-21,23-24H2,(H,41,45)/t31-,35+,37+/m1/s1. The van der Waals surface area contributed by atoms with E-state index in [2.05, 4.69) is 20.2 Å². The van der Waals surface area contributed by atoms with Crippen LogP contribution in [0, 0.1) is 0 Å². The van der Waals surface area contributed by atoms with Crippen LogP contribution in [0.15, 0.2) is 103 Å². The van der Waals surface area contributed by atoms with Crippen molar-refractivity contribution in [3.8, 4) is 0 Å². The van der Waals surface area contributed by atoms with Crippen LogP contribution in [0.3, 0.4) is 0 Å². The summed E-state index contributed by atoms with van der Waals surface area (Å²) in [4.78, 5) is 24.1. The highest BCUT2D eigenvalue weighted by Crippen LogP contribution is 2.39. The molecule has 2 saturated heterocycles. The largest absolute Gasteiger partial charge is 0.392 e. The van der Waals surface area contributed by atoms with Crippen LogP contribution in [0.5, 0.6) is 0 Å². The molecule has 0 spiro atoms. The highest BCUT2D eigenvalue weighted by Gasteiger charge is 2.37. The van der Waals surface area contributed by atoms with Crippen LogP contribution in [0.2, 0.25) is 5.02 Å². The van der Waals surface area contributed by atoms with Gasteiger partial charge in [-0.1, -0.05) is 72.3 Å². The van der Waals surface area contributed by atoms with Crippen molar-refractivity contribution in [3.05, 3.63) is 136 Å². The van der Waals surface area contributed by atoms with Gasteiger partial charge in [0.25, 0.3) is 5.91 Å². The molecule has 0 radical (unpaired) electrons. The maximum Gasteiger partial charge on any atom is 0.275 e. The molecule has 9 nitrogen and oxygen atoms in total. The van der Waals surface area contributed by atoms with E-state index in [-0.39, 0.29) is 30.4 Å². The van der Waals surface area contributed by atoms with E-state index in [1.54, 1.807) is 0 Å². The normalized spacial score (nSPS) is 21.2. The minimum atomic E-state index is -0.880. The quantitative estimate of drug-likeness (QED) is 0.171. The van der Waals surface area contributed by atoms with Crippen molar-refractivity contribution in [2.45, 2.75) is 50.0 Å². The molecule has 1 aromatic heterocycles. The Labute approximate surface area is 284 Å². The molecule has 7 rings (SSSR count). The first-order valence-electron chi connectivity index (χ1n) is 16.2. The fourth-order valence-electron chi connectivity index (χ4n) is 6.46. The third-order valence-electron chi connectivity index (χ3n) is 9.26. The van der Waals surface area contributed by atoms with Gasteiger partial charge in [-0.05, 0) is 65.9 Å². The van der Waals surface area contributed by atoms with Gasteiger partial charge in [-0.25, -0.2) is 4.98 Å². The van der Waals surface area contributed by atoms with E-state index in [1.807, 2.05) is 97.1 Å². The van der Waals surface area contributed by atoms with Crippen LogP contribution in [-0.4, -0.2) is 56.7 Å². The van der Waals surface area contributed by atoms with Crippen molar-refractivity contribution in [3.63, 3.8) is 0 Å². The lowest BCUT2D eigenvalue weighted by atomic mass is 9.84. The topological polar surface area (TPSA) is 117 Å². The molecule has 5 aromatic rings. The number of aromatic nitrogens is 2. The van der Waals surface area contributed by atoms with Gasteiger partial charge < -0.3 is 29.9 Å². The van der Waals surface area contributed by atoms with Crippen LogP contribution in [0.25, 0.3) is 11.0 Å². The summed E-state index contributed by atoms with van der Waals surface area (Å²) in [6.45, 7) is 2.14. The molecule has 246 valence electrons. The fourth-order valence-corrected chi connectivity index (χ4v) is 6.59. The van der Waals surface area contributed by atoms with E-state index in [9.17, 15) is 15.0 Å². The summed E-state index contributed by atoms with van der Waals surface area (Å²) in [5, 5.41) is 24.5. The van der Waals surface area contributed by atoms with E-state index in [1.165, 1.54) is 6.20 Å². The van der Waals surface area contributed by atoms with Gasteiger partial charge in [-0.15, -0.1) is 0 Å². The number of nitrogens with one attached hydrogen (secondary N) is 1. The van der Waals surface area contributed by atoms with Gasteiger partial charge in [-0.2, -0.15) is 0 Å². The summed E-state index contributed by atoms with van der Waals surface area (Å²) in [6.07, 6.45) is 2.40. The smallest absolute Gasteiger partial charge is 0.275 e. The first kappa shape index (κ1) is 32.3. The molecule has 0 bridgehead atoms. The lowest BCUT2D eigenvalue weighted by Crippen LogP contribution is -2.46. The Balaban J connectivity index is 1.04. The molecular formula is C38H37ClN4O5. The van der Waals surface area contributed by atoms with Gasteiger partial charge in [0.1, 0.15) is 5.69 Å². The maximum absolute atomic E-state index is 13.0. The third kappa shape index (κ3) is 7.27. The van der Waals surface area contributed by atoms with Crippen LogP contribution < -0.4 is 5.32 Å². The number of rotatable bonds is 8. The Morgan fingerprint density at radius 2 is 1.58 bits per heavy atom. The number of carbonyl (C=O) groups is 1. The van der Waals surface area contributed by atoms with Gasteiger partial charge in [0.2, 0.25) is 0 Å². The number of aliphatic hydroxyl groups is 2. The van der Waals surface area contributed by atoms with E-state index in [0.717, 1.165) is 40.9 Å². The summed E-state index contributed by atoms with van der Waals surface area (Å²) in [5.74, 6) is -0.345. The monoisotopic (exact) mass is 664 g/mol. The molecule has 2 fully saturated rings. The van der Waals surface area contributed by atoms with Gasteiger partial charge in [0.15, 0.2) is 6.29 Å². The highest BCUT2D eigenvalue weighted by atomic mass is 35.5. The number of hydrogen-bond donors (Lipinski definition) is 3. The average molecular weight is 665 g/mol. The SMILES string of the molecule is O=C(Nc1ccc([C@H]2O[C@@H](CN3CCC(O)(c4ccc(Cl)cc4)CC3)C[C@@H](c3ccc(CO)cc3)O2)cc1)c1cnc2ccccc2n1. The molecule has 0 unspecified atom stereocenters. The zero-order chi connectivity index (χ0) is 33.1. The second kappa shape index (κ2) is 14.1. The number of para-hydroxylation sites is 2. The summed E-state index contributed by atoms with van der Waals surface area (Å²) < 4.78 is 13.1. The number of ether oxygens (including phenoxy) is 2. The molecule has 4 aromatic carbocycles. The third-order valence-corrected chi connectivity index (χ3v) is 9.52. The first-order valence-corrected chi connectivity index (χ1v) is 16.6. The summed E-state index contributed by atoms with van der Waals surface area (Å²) in [6, 6.07) is 30.2. The zero-order valence-corrected chi connectivity index (χ0v) is 27.1. The number of fused-ring (bicyclic) bond motifs is 1. The molecular weight excluding hydrogens is 628 g/mol. The number of amides is 1. The molecule has 2 aliphatic heterocycles. The second-order valence-electron chi connectivity index (χ2n) is 12.5. The number of halogens is 1. The maximum atomic E-state index is 13.0. The lowest BCUT2D eigenvalue weighted by Gasteiger charge is -2.42. The molecule has 0 saturated carbocycles. The molecule has 3 N–H and O–H groups in total. The minimum absolute atomic E-state index is 0.0200. The number of nitrogens with zero attached hydrogens (tertiary/aromatic N) is 3. The van der Waals surface area contributed by atoms with Crippen LogP contribution >= 0.6 is 11.6 Å². The molecule has 1 amide bonds. The number of benzene rings is 4. The van der Waals surface area contributed by atoms with E-state index in [0.29, 0.717) is 42.0 Å². The number of likely N-dealkylation sites (tertiary alicyclic amines) is 1. The Hall–Kier alpha value is -4.22. The summed E-state index contributed by atoms with van der Waals surface area (Å²) >= 11 is 6.08. The van der Waals surface area contributed by atoms with E-state index < -0.39 is 11.9 Å². The molecule has 10 heteroatoms. The zero-order valence-electron chi connectivity index (χ0n) is 26.3. The van der Waals surface area contributed by atoms with E-state index >= 15 is 0 Å². The van der Waals surface area contributed by atoms with Gasteiger partial charge in [-0.3, -0.25) is 9.78 Å². The van der Waals surface area contributed by atoms with Gasteiger partial charge >= 0.3 is 0 Å². The van der Waals surface area contributed by atoms with Gasteiger partial charge in [0, 0.05) is 42.3 Å². The predicted octanol–water partition coefficient (Wildman–Crippen LogP) is 6.56. The van der Waals surface area contributed by atoms with Crippen molar-refractivity contribution in [1.29, 1.82) is 0 Å². The van der Waals surface area contributed by atoms with Crippen molar-refractivity contribution < 1.29 is 24.5 Å². The lowest BCUT2D eigenvalue weighted by molar-refractivity contribution is -0.253. The van der Waals surface area contributed by atoms with Crippen LogP contribution in [-0.2, 0) is 21.7 Å². The average Bonchev–Trinajstić information content (AvgIpc) is 3.13. The second-order valence-corrected chi connectivity index (χ2v) is 12.9. The first-order chi connectivity index (χ1) is 23.3. The number of anilines is 1. The Bertz CT molecular complexity index is 1860. The van der Waals surface area contributed by atoms with Gasteiger partial charge in [0.05, 0.1) is 41.6 Å². The Kier molecular flexibility index (Phi) is 9.50. The number of piperidine rings is 1. The Morgan fingerprint density at radius 1 is 0.896 bits per heavy atom. The van der Waals surface area contributed by atoms with Crippen molar-refractivity contribution >= 4 is 34.2 Å². The highest BCUT2D eigenvalue weighted by molar-refractivity contribution is 6.30. The predicted molar refractivity (Wildman–Crippen MR) is 183 cm³/mol. The van der Waals surface area contributed by atoms with Crippen molar-refractivity contribution in [2.24, 2.45) is 0 Å². The number of aliphatic hydroxyl groups excluding tert-OH is 1. The fraction of sp³-hybridized carbons (Fsp3) is 0.289. The molecule has 3 heterocycles. The van der Waals surface area contributed by atoms with Crippen LogP contribution in [0.4, 0.5) is 5.69 Å². The summed E-state index contributed by atoms with van der Waals surface area (Å²) in [5.41, 5.74) is 4.93. The molecule has 0 aliphatic carbocycles. The molecule has 3 atom stereocenters. The minimum Gasteiger partial charge on any atom is -0.392 e. The van der Waals surface area contributed by atoms with Crippen LogP contribution in [0.1, 0.15) is 64.4 Å².